The zero-order valence-corrected chi connectivity index (χ0v) is 19.6. The number of halogens is 2. The molecular formula is C23H17Cl2N5O5. The lowest BCUT2D eigenvalue weighted by molar-refractivity contribution is -0.114. The molecular weight excluding hydrogens is 497 g/mol. The van der Waals surface area contributed by atoms with E-state index in [1.54, 1.807) is 19.2 Å². The van der Waals surface area contributed by atoms with Gasteiger partial charge in [0.25, 0.3) is 11.5 Å². The Bertz CT molecular complexity index is 1390. The monoisotopic (exact) mass is 513 g/mol. The molecule has 3 rings (SSSR count). The number of rotatable bonds is 7. The van der Waals surface area contributed by atoms with Crippen molar-refractivity contribution >= 4 is 46.6 Å². The number of hydrazone groups is 1. The number of hydrogen-bond donors (Lipinski definition) is 3. The van der Waals surface area contributed by atoms with Crippen LogP contribution >= 0.6 is 23.2 Å². The van der Waals surface area contributed by atoms with Crippen LogP contribution in [-0.4, -0.2) is 27.4 Å². The molecule has 0 aliphatic rings. The van der Waals surface area contributed by atoms with E-state index in [1.807, 2.05) is 30.3 Å². The molecule has 2 amide bonds. The van der Waals surface area contributed by atoms with E-state index in [-0.39, 0.29) is 27.0 Å². The Kier molecular flexibility index (Phi) is 8.09. The average Bonchev–Trinajstić information content (AvgIpc) is 2.80. The number of nitrogens with zero attached hydrogens (tertiary/aromatic N) is 3. The van der Waals surface area contributed by atoms with Gasteiger partial charge in [-0.25, -0.2) is 4.79 Å². The van der Waals surface area contributed by atoms with E-state index in [0.29, 0.717) is 17.9 Å². The predicted octanol–water partition coefficient (Wildman–Crippen LogP) is 4.39. The Morgan fingerprint density at radius 1 is 1.17 bits per heavy atom. The van der Waals surface area contributed by atoms with E-state index in [1.165, 1.54) is 28.1 Å². The highest BCUT2D eigenvalue weighted by atomic mass is 35.5. The van der Waals surface area contributed by atoms with Crippen molar-refractivity contribution in [3.05, 3.63) is 86.3 Å². The summed E-state index contributed by atoms with van der Waals surface area (Å²) in [5.41, 5.74) is 3.12. The highest BCUT2D eigenvalue weighted by Gasteiger charge is 2.16. The first-order valence-corrected chi connectivity index (χ1v) is 10.6. The van der Waals surface area contributed by atoms with Gasteiger partial charge in [0.1, 0.15) is 11.8 Å². The van der Waals surface area contributed by atoms with Gasteiger partial charge in [0, 0.05) is 5.56 Å². The topological polar surface area (TPSA) is 146 Å². The fourth-order valence-corrected chi connectivity index (χ4v) is 3.51. The van der Waals surface area contributed by atoms with E-state index >= 15 is 0 Å². The van der Waals surface area contributed by atoms with Crippen LogP contribution in [-0.2, 0) is 11.3 Å². The Morgan fingerprint density at radius 3 is 2.43 bits per heavy atom. The molecule has 0 radical (unpaired) electrons. The van der Waals surface area contributed by atoms with Crippen LogP contribution in [0.2, 0.25) is 10.0 Å². The summed E-state index contributed by atoms with van der Waals surface area (Å²) in [6.07, 6.45) is -0.0815. The molecule has 10 nitrogen and oxygen atoms in total. The van der Waals surface area contributed by atoms with Crippen LogP contribution < -0.4 is 21.0 Å². The fraction of sp³-hybridized carbons (Fsp3) is 0.0870. The van der Waals surface area contributed by atoms with Crippen molar-refractivity contribution in [1.29, 1.82) is 5.26 Å². The number of carbonyl (C=O) groups is 2. The first-order chi connectivity index (χ1) is 16.7. The molecule has 3 aromatic rings. The standard InChI is InChI=1S/C23H17Cl2N5O5/c1-13-7-16(12-30(22(13)32)11-14-5-3-2-4-6-14)35-20-17(24)8-15(9-18(20)25)28-29-19(10-26)21(31)27-23(33)34/h2-9,12,28H,11H2,1H3,(H,27,31)(H,33,34). The quantitative estimate of drug-likeness (QED) is 0.313. The lowest BCUT2D eigenvalue weighted by Gasteiger charge is -2.14. The number of aromatic nitrogens is 1. The molecule has 3 N–H and O–H groups in total. The van der Waals surface area contributed by atoms with Gasteiger partial charge >= 0.3 is 6.09 Å². The second-order valence-corrected chi connectivity index (χ2v) is 7.91. The van der Waals surface area contributed by atoms with E-state index in [2.05, 4.69) is 10.5 Å². The van der Waals surface area contributed by atoms with Gasteiger partial charge in [0.2, 0.25) is 5.71 Å². The van der Waals surface area contributed by atoms with Crippen molar-refractivity contribution in [3.63, 3.8) is 0 Å². The number of nitriles is 1. The number of anilines is 1. The van der Waals surface area contributed by atoms with Crippen molar-refractivity contribution in [2.45, 2.75) is 13.5 Å². The summed E-state index contributed by atoms with van der Waals surface area (Å²) in [7, 11) is 0. The molecule has 0 saturated carbocycles. The Hall–Kier alpha value is -4.33. The highest BCUT2D eigenvalue weighted by molar-refractivity contribution is 6.46. The maximum atomic E-state index is 12.6. The van der Waals surface area contributed by atoms with Crippen LogP contribution in [0.4, 0.5) is 10.5 Å². The Balaban J connectivity index is 1.84. The number of amides is 2. The predicted molar refractivity (Wildman–Crippen MR) is 130 cm³/mol. The maximum Gasteiger partial charge on any atom is 0.411 e. The van der Waals surface area contributed by atoms with Gasteiger partial charge < -0.3 is 14.4 Å². The first kappa shape index (κ1) is 25.3. The van der Waals surface area contributed by atoms with Crippen LogP contribution in [0, 0.1) is 18.3 Å². The zero-order valence-electron chi connectivity index (χ0n) is 18.1. The van der Waals surface area contributed by atoms with Crippen molar-refractivity contribution in [1.82, 2.24) is 9.88 Å². The second kappa shape index (κ2) is 11.2. The van der Waals surface area contributed by atoms with Gasteiger partial charge in [0.15, 0.2) is 5.75 Å². The zero-order chi connectivity index (χ0) is 25.5. The summed E-state index contributed by atoms with van der Waals surface area (Å²) in [5, 5.41) is 22.8. The SMILES string of the molecule is Cc1cc(Oc2c(Cl)cc(NN=C(C#N)C(=O)NC(=O)O)cc2Cl)cn(Cc2ccccc2)c1=O. The molecule has 0 spiro atoms. The molecule has 178 valence electrons. The van der Waals surface area contributed by atoms with Crippen molar-refractivity contribution in [2.75, 3.05) is 5.43 Å². The van der Waals surface area contributed by atoms with Gasteiger partial charge in [0.05, 0.1) is 28.5 Å². The van der Waals surface area contributed by atoms with E-state index < -0.39 is 17.7 Å². The summed E-state index contributed by atoms with van der Waals surface area (Å²) in [6.45, 7) is 2.01. The minimum absolute atomic E-state index is 0.0714. The Labute approximate surface area is 209 Å². The number of imide groups is 1. The molecule has 2 aromatic carbocycles. The van der Waals surface area contributed by atoms with E-state index in [9.17, 15) is 14.4 Å². The van der Waals surface area contributed by atoms with Crippen molar-refractivity contribution in [3.8, 4) is 17.6 Å². The number of carboxylic acid groups (broad SMARTS) is 1. The molecule has 0 bridgehead atoms. The molecule has 0 saturated heterocycles. The Morgan fingerprint density at radius 2 is 1.83 bits per heavy atom. The molecule has 12 heteroatoms. The van der Waals surface area contributed by atoms with Gasteiger partial charge in [-0.2, -0.15) is 10.4 Å². The second-order valence-electron chi connectivity index (χ2n) is 7.09. The average molecular weight is 514 g/mol. The van der Waals surface area contributed by atoms with Crippen LogP contribution in [0.1, 0.15) is 11.1 Å². The fourth-order valence-electron chi connectivity index (χ4n) is 2.95. The minimum Gasteiger partial charge on any atom is -0.465 e. The molecule has 0 atom stereocenters. The van der Waals surface area contributed by atoms with Crippen LogP contribution in [0.15, 0.2) is 64.6 Å². The number of pyridine rings is 1. The minimum atomic E-state index is -1.63. The smallest absolute Gasteiger partial charge is 0.411 e. The molecule has 0 fully saturated rings. The molecule has 1 heterocycles. The molecule has 0 aliphatic carbocycles. The van der Waals surface area contributed by atoms with Gasteiger partial charge in [-0.05, 0) is 30.7 Å². The van der Waals surface area contributed by atoms with E-state index in [4.69, 9.17) is 38.3 Å². The summed E-state index contributed by atoms with van der Waals surface area (Å²) in [6, 6.07) is 15.2. The lowest BCUT2D eigenvalue weighted by atomic mass is 10.2. The normalized spacial score (nSPS) is 10.9. The molecule has 35 heavy (non-hydrogen) atoms. The number of carbonyl (C=O) groups excluding carboxylic acids is 1. The third-order valence-electron chi connectivity index (χ3n) is 4.49. The van der Waals surface area contributed by atoms with Gasteiger partial charge in [-0.3, -0.25) is 20.3 Å². The maximum absolute atomic E-state index is 12.6. The van der Waals surface area contributed by atoms with Crippen LogP contribution in [0.3, 0.4) is 0 Å². The number of nitrogens with one attached hydrogen (secondary N) is 2. The summed E-state index contributed by atoms with van der Waals surface area (Å²) in [5.74, 6) is -0.764. The number of ether oxygens (including phenoxy) is 1. The first-order valence-electron chi connectivity index (χ1n) is 9.88. The largest absolute Gasteiger partial charge is 0.465 e. The summed E-state index contributed by atoms with van der Waals surface area (Å²) in [4.78, 5) is 34.7. The number of benzene rings is 2. The summed E-state index contributed by atoms with van der Waals surface area (Å²) < 4.78 is 7.38. The molecule has 0 unspecified atom stereocenters. The van der Waals surface area contributed by atoms with Crippen LogP contribution in [0.5, 0.6) is 11.5 Å². The van der Waals surface area contributed by atoms with Crippen molar-refractivity contribution < 1.29 is 19.4 Å². The molecule has 0 aliphatic heterocycles. The third kappa shape index (κ3) is 6.60. The van der Waals surface area contributed by atoms with Gasteiger partial charge in [-0.1, -0.05) is 53.5 Å². The lowest BCUT2D eigenvalue weighted by Crippen LogP contribution is -2.34. The third-order valence-corrected chi connectivity index (χ3v) is 5.05. The molecule has 1 aromatic heterocycles. The summed E-state index contributed by atoms with van der Waals surface area (Å²) >= 11 is 12.6. The van der Waals surface area contributed by atoms with Crippen LogP contribution in [0.25, 0.3) is 0 Å². The van der Waals surface area contributed by atoms with Gasteiger partial charge in [-0.15, -0.1) is 0 Å². The highest BCUT2D eigenvalue weighted by Crippen LogP contribution is 2.38. The van der Waals surface area contributed by atoms with Crippen molar-refractivity contribution in [2.24, 2.45) is 5.10 Å². The van der Waals surface area contributed by atoms with E-state index in [0.717, 1.165) is 5.56 Å². The number of hydrogen-bond acceptors (Lipinski definition) is 7. The number of aryl methyl sites for hydroxylation is 1.